The van der Waals surface area contributed by atoms with E-state index in [4.69, 9.17) is 11.6 Å². The maximum atomic E-state index is 6.83. The third kappa shape index (κ3) is 4.71. The van der Waals surface area contributed by atoms with Crippen molar-refractivity contribution in [1.82, 2.24) is 15.4 Å². The van der Waals surface area contributed by atoms with Gasteiger partial charge in [-0.1, -0.05) is 48.0 Å². The average molecular weight is 474 g/mol. The molecule has 0 aliphatic rings. The van der Waals surface area contributed by atoms with E-state index in [0.29, 0.717) is 0 Å². The summed E-state index contributed by atoms with van der Waals surface area (Å²) in [6.07, 6.45) is 0. The van der Waals surface area contributed by atoms with Crippen molar-refractivity contribution >= 4 is 33.9 Å². The predicted octanol–water partition coefficient (Wildman–Crippen LogP) is 6.55. The molecule has 0 amide bonds. The lowest BCUT2D eigenvalue weighted by Gasteiger charge is -2.25. The summed E-state index contributed by atoms with van der Waals surface area (Å²) in [7, 11) is 0. The molecule has 0 aliphatic carbocycles. The lowest BCUT2D eigenvalue weighted by atomic mass is 9.86. The van der Waals surface area contributed by atoms with E-state index in [1.165, 1.54) is 5.69 Å². The van der Waals surface area contributed by atoms with Gasteiger partial charge in [0.25, 0.3) is 0 Å². The Hall–Kier alpha value is -3.18. The Labute approximate surface area is 207 Å². The van der Waals surface area contributed by atoms with E-state index < -0.39 is 0 Å². The molecule has 34 heavy (non-hydrogen) atoms. The lowest BCUT2D eigenvalue weighted by molar-refractivity contribution is 0.809. The quantitative estimate of drug-likeness (QED) is 0.276. The van der Waals surface area contributed by atoms with Crippen LogP contribution in [0.5, 0.6) is 0 Å². The number of benzene rings is 3. The number of aromatic nitrogens is 3. The predicted molar refractivity (Wildman–Crippen MR) is 143 cm³/mol. The second-order valence-electron chi connectivity index (χ2n) is 8.27. The van der Waals surface area contributed by atoms with Crippen LogP contribution in [0.3, 0.4) is 0 Å². The molecule has 0 saturated heterocycles. The molecular weight excluding hydrogens is 442 g/mol. The number of fused-ring (bicyclic) bond motifs is 1. The Morgan fingerprint density at radius 3 is 2.03 bits per heavy atom. The van der Waals surface area contributed by atoms with Crippen LogP contribution in [0.4, 0.5) is 11.4 Å². The van der Waals surface area contributed by atoms with Crippen molar-refractivity contribution in [3.8, 4) is 0 Å². The minimum Gasteiger partial charge on any atom is -0.372 e. The summed E-state index contributed by atoms with van der Waals surface area (Å²) in [5.74, 6) is -0.116. The first-order chi connectivity index (χ1) is 16.6. The SMILES string of the molecule is CCN(CC)c1ccc(C(c2ccc(N(CC)CC)c(Cl)c2)c2nnnc3ccccc23)cc1. The van der Waals surface area contributed by atoms with Crippen molar-refractivity contribution < 1.29 is 0 Å². The Morgan fingerprint density at radius 1 is 0.735 bits per heavy atom. The van der Waals surface area contributed by atoms with Crippen molar-refractivity contribution in [3.63, 3.8) is 0 Å². The summed E-state index contributed by atoms with van der Waals surface area (Å²) in [4.78, 5) is 4.61. The Bertz CT molecular complexity index is 1230. The summed E-state index contributed by atoms with van der Waals surface area (Å²) in [6.45, 7) is 12.4. The van der Waals surface area contributed by atoms with Crippen LogP contribution in [0.25, 0.3) is 10.9 Å². The molecule has 1 atom stereocenters. The maximum Gasteiger partial charge on any atom is 0.0966 e. The molecule has 4 rings (SSSR count). The largest absolute Gasteiger partial charge is 0.372 e. The lowest BCUT2D eigenvalue weighted by Crippen LogP contribution is -2.22. The van der Waals surface area contributed by atoms with Crippen molar-refractivity contribution in [2.45, 2.75) is 33.6 Å². The minimum atomic E-state index is -0.116. The number of hydrogen-bond acceptors (Lipinski definition) is 5. The van der Waals surface area contributed by atoms with Gasteiger partial charge in [0.05, 0.1) is 27.8 Å². The zero-order chi connectivity index (χ0) is 24.1. The Kier molecular flexibility index (Phi) is 7.63. The number of halogens is 1. The van der Waals surface area contributed by atoms with Crippen molar-refractivity contribution in [2.75, 3.05) is 36.0 Å². The highest BCUT2D eigenvalue weighted by molar-refractivity contribution is 6.33. The molecule has 0 N–H and O–H groups in total. The van der Waals surface area contributed by atoms with Gasteiger partial charge in [-0.15, -0.1) is 10.2 Å². The first-order valence-electron chi connectivity index (χ1n) is 12.1. The van der Waals surface area contributed by atoms with Gasteiger partial charge in [0, 0.05) is 37.3 Å². The number of rotatable bonds is 9. The van der Waals surface area contributed by atoms with E-state index in [0.717, 1.165) is 64.6 Å². The van der Waals surface area contributed by atoms with Gasteiger partial charge in [-0.2, -0.15) is 0 Å². The highest BCUT2D eigenvalue weighted by Crippen LogP contribution is 2.38. The number of anilines is 2. The van der Waals surface area contributed by atoms with Gasteiger partial charge in [0.15, 0.2) is 0 Å². The molecular formula is C28H32ClN5. The topological polar surface area (TPSA) is 45.2 Å². The van der Waals surface area contributed by atoms with Gasteiger partial charge in [0.2, 0.25) is 0 Å². The minimum absolute atomic E-state index is 0.116. The normalized spacial score (nSPS) is 12.0. The molecule has 176 valence electrons. The molecule has 5 nitrogen and oxygen atoms in total. The van der Waals surface area contributed by atoms with E-state index in [9.17, 15) is 0 Å². The van der Waals surface area contributed by atoms with Gasteiger partial charge in [-0.3, -0.25) is 0 Å². The zero-order valence-electron chi connectivity index (χ0n) is 20.4. The molecule has 6 heteroatoms. The molecule has 0 radical (unpaired) electrons. The second kappa shape index (κ2) is 10.8. The summed E-state index contributed by atoms with van der Waals surface area (Å²) in [6, 6.07) is 23.2. The highest BCUT2D eigenvalue weighted by Gasteiger charge is 2.23. The van der Waals surface area contributed by atoms with Crippen LogP contribution in [0, 0.1) is 0 Å². The first kappa shape index (κ1) is 24.0. The fourth-order valence-corrected chi connectivity index (χ4v) is 4.97. The molecule has 4 aromatic rings. The van der Waals surface area contributed by atoms with Crippen LogP contribution < -0.4 is 9.80 Å². The fraction of sp³-hybridized carbons (Fsp3) is 0.321. The monoisotopic (exact) mass is 473 g/mol. The number of hydrogen-bond donors (Lipinski definition) is 0. The fourth-order valence-electron chi connectivity index (χ4n) is 4.66. The molecule has 1 heterocycles. The van der Waals surface area contributed by atoms with Crippen LogP contribution in [-0.4, -0.2) is 41.6 Å². The molecule has 3 aromatic carbocycles. The Morgan fingerprint density at radius 2 is 1.38 bits per heavy atom. The smallest absolute Gasteiger partial charge is 0.0966 e. The van der Waals surface area contributed by atoms with Crippen LogP contribution in [0.1, 0.15) is 50.4 Å². The van der Waals surface area contributed by atoms with Crippen LogP contribution >= 0.6 is 11.6 Å². The maximum absolute atomic E-state index is 6.83. The second-order valence-corrected chi connectivity index (χ2v) is 8.68. The van der Waals surface area contributed by atoms with E-state index in [1.54, 1.807) is 0 Å². The summed E-state index contributed by atoms with van der Waals surface area (Å²) >= 11 is 6.83. The summed E-state index contributed by atoms with van der Waals surface area (Å²) in [5, 5.41) is 14.6. The van der Waals surface area contributed by atoms with Crippen molar-refractivity contribution in [3.05, 3.63) is 88.6 Å². The average Bonchev–Trinajstić information content (AvgIpc) is 2.88. The first-order valence-corrected chi connectivity index (χ1v) is 12.5. The third-order valence-corrected chi connectivity index (χ3v) is 6.83. The summed E-state index contributed by atoms with van der Waals surface area (Å²) in [5.41, 5.74) is 6.22. The Balaban J connectivity index is 1.87. The van der Waals surface area contributed by atoms with Crippen LogP contribution in [0.15, 0.2) is 66.7 Å². The van der Waals surface area contributed by atoms with Crippen LogP contribution in [-0.2, 0) is 0 Å². The van der Waals surface area contributed by atoms with Crippen molar-refractivity contribution in [1.29, 1.82) is 0 Å². The molecule has 0 aliphatic heterocycles. The summed E-state index contributed by atoms with van der Waals surface area (Å²) < 4.78 is 0. The number of nitrogens with zero attached hydrogens (tertiary/aromatic N) is 5. The van der Waals surface area contributed by atoms with E-state index >= 15 is 0 Å². The van der Waals surface area contributed by atoms with E-state index in [2.05, 4.69) is 101 Å². The van der Waals surface area contributed by atoms with Gasteiger partial charge < -0.3 is 9.80 Å². The third-order valence-electron chi connectivity index (χ3n) is 6.52. The molecule has 0 fully saturated rings. The zero-order valence-corrected chi connectivity index (χ0v) is 21.1. The highest BCUT2D eigenvalue weighted by atomic mass is 35.5. The van der Waals surface area contributed by atoms with E-state index in [-0.39, 0.29) is 5.92 Å². The van der Waals surface area contributed by atoms with Gasteiger partial charge in [-0.25, -0.2) is 0 Å². The molecule has 1 unspecified atom stereocenters. The molecule has 1 aromatic heterocycles. The van der Waals surface area contributed by atoms with Crippen LogP contribution in [0.2, 0.25) is 5.02 Å². The standard InChI is InChI=1S/C28H32ClN5/c1-5-33(6-2)22-16-13-20(14-17-22)27(28-23-11-9-10-12-25(23)30-32-31-28)21-15-18-26(24(29)19-21)34(7-3)8-4/h9-19,27H,5-8H2,1-4H3. The van der Waals surface area contributed by atoms with Crippen molar-refractivity contribution in [2.24, 2.45) is 0 Å². The van der Waals surface area contributed by atoms with Gasteiger partial charge >= 0.3 is 0 Å². The molecule has 0 saturated carbocycles. The molecule has 0 spiro atoms. The molecule has 0 bridgehead atoms. The van der Waals surface area contributed by atoms with E-state index in [1.807, 2.05) is 18.2 Å². The van der Waals surface area contributed by atoms with Gasteiger partial charge in [-0.05, 0) is 74.4 Å². The van der Waals surface area contributed by atoms with Gasteiger partial charge in [0.1, 0.15) is 0 Å².